The Morgan fingerprint density at radius 3 is 2.86 bits per heavy atom. The van der Waals surface area contributed by atoms with Crippen LogP contribution in [0.1, 0.15) is 32.0 Å². The number of hydrogen-bond donors (Lipinski definition) is 2. The molecule has 2 heterocycles. The van der Waals surface area contributed by atoms with Crippen LogP contribution in [0.25, 0.3) is 0 Å². The Balaban J connectivity index is 2.24. The fourth-order valence-corrected chi connectivity index (χ4v) is 2.13. The third-order valence-corrected chi connectivity index (χ3v) is 2.91. The fourth-order valence-electron chi connectivity index (χ4n) is 2.13. The van der Waals surface area contributed by atoms with Crippen LogP contribution in [0.4, 0.5) is 11.6 Å². The highest BCUT2D eigenvalue weighted by Crippen LogP contribution is 2.27. The van der Waals surface area contributed by atoms with Crippen molar-refractivity contribution in [3.8, 4) is 0 Å². The van der Waals surface area contributed by atoms with E-state index in [0.717, 1.165) is 18.2 Å². The monoisotopic (exact) mass is 194 g/mol. The number of piperidine rings is 1. The minimum absolute atomic E-state index is 0.564. The molecule has 1 aliphatic rings. The van der Waals surface area contributed by atoms with E-state index < -0.39 is 0 Å². The Morgan fingerprint density at radius 1 is 1.50 bits per heavy atom. The summed E-state index contributed by atoms with van der Waals surface area (Å²) in [6.07, 6.45) is 3.81. The van der Waals surface area contributed by atoms with Gasteiger partial charge < -0.3 is 15.6 Å². The average molecular weight is 194 g/mol. The second-order valence-electron chi connectivity index (χ2n) is 4.10. The van der Waals surface area contributed by atoms with Crippen LogP contribution in [-0.2, 0) is 0 Å². The number of aryl methyl sites for hydroxylation is 1. The van der Waals surface area contributed by atoms with Crippen molar-refractivity contribution in [2.45, 2.75) is 39.2 Å². The second-order valence-corrected chi connectivity index (χ2v) is 4.10. The third-order valence-electron chi connectivity index (χ3n) is 2.91. The van der Waals surface area contributed by atoms with Crippen LogP contribution in [0.15, 0.2) is 0 Å². The number of nitrogen functional groups attached to an aromatic ring is 1. The van der Waals surface area contributed by atoms with Crippen LogP contribution in [0.2, 0.25) is 0 Å². The summed E-state index contributed by atoms with van der Waals surface area (Å²) in [6, 6.07) is 0.564. The number of rotatable bonds is 1. The highest BCUT2D eigenvalue weighted by Gasteiger charge is 2.22. The molecule has 0 aromatic carbocycles. The van der Waals surface area contributed by atoms with Gasteiger partial charge in [-0.3, -0.25) is 0 Å². The molecule has 3 N–H and O–H groups in total. The first kappa shape index (κ1) is 9.37. The van der Waals surface area contributed by atoms with Crippen molar-refractivity contribution < 1.29 is 0 Å². The molecule has 1 aromatic rings. The molecule has 1 aromatic heterocycles. The summed E-state index contributed by atoms with van der Waals surface area (Å²) in [7, 11) is 0. The Kier molecular flexibility index (Phi) is 2.35. The molecule has 1 fully saturated rings. The zero-order valence-corrected chi connectivity index (χ0v) is 8.88. The summed E-state index contributed by atoms with van der Waals surface area (Å²) in [6.45, 7) is 5.26. The summed E-state index contributed by atoms with van der Waals surface area (Å²) < 4.78 is 0. The first-order valence-corrected chi connectivity index (χ1v) is 5.27. The fraction of sp³-hybridized carbons (Fsp3) is 0.700. The number of nitrogens with one attached hydrogen (secondary N) is 1. The van der Waals surface area contributed by atoms with E-state index in [9.17, 15) is 0 Å². The molecule has 14 heavy (non-hydrogen) atoms. The summed E-state index contributed by atoms with van der Waals surface area (Å²) in [5, 5.41) is 0. The number of hydrogen-bond acceptors (Lipinski definition) is 3. The maximum absolute atomic E-state index is 5.87. The summed E-state index contributed by atoms with van der Waals surface area (Å²) >= 11 is 0. The molecule has 1 atom stereocenters. The van der Waals surface area contributed by atoms with Crippen LogP contribution in [0.5, 0.6) is 0 Å². The Morgan fingerprint density at radius 2 is 2.29 bits per heavy atom. The van der Waals surface area contributed by atoms with Gasteiger partial charge in [-0.05, 0) is 33.1 Å². The van der Waals surface area contributed by atoms with Crippen molar-refractivity contribution in [3.05, 3.63) is 5.82 Å². The van der Waals surface area contributed by atoms with Crippen molar-refractivity contribution in [2.75, 3.05) is 17.2 Å². The Hall–Kier alpha value is -1.19. The molecule has 1 saturated heterocycles. The molecule has 0 saturated carbocycles. The Labute approximate surface area is 84.5 Å². The summed E-state index contributed by atoms with van der Waals surface area (Å²) in [4.78, 5) is 9.79. The normalized spacial score (nSPS) is 22.7. The van der Waals surface area contributed by atoms with Crippen molar-refractivity contribution in [1.82, 2.24) is 9.97 Å². The van der Waals surface area contributed by atoms with E-state index in [1.54, 1.807) is 0 Å². The topological polar surface area (TPSA) is 57.9 Å². The number of nitrogens with two attached hydrogens (primary N) is 1. The van der Waals surface area contributed by atoms with Gasteiger partial charge in [0, 0.05) is 12.6 Å². The van der Waals surface area contributed by atoms with Crippen molar-refractivity contribution >= 4 is 11.6 Å². The number of imidazole rings is 1. The highest BCUT2D eigenvalue weighted by atomic mass is 15.3. The smallest absolute Gasteiger partial charge is 0.171 e. The maximum Gasteiger partial charge on any atom is 0.171 e. The zero-order valence-electron chi connectivity index (χ0n) is 8.88. The maximum atomic E-state index is 5.87. The van der Waals surface area contributed by atoms with E-state index in [1.807, 2.05) is 6.92 Å². The predicted molar refractivity (Wildman–Crippen MR) is 58.4 cm³/mol. The van der Waals surface area contributed by atoms with Gasteiger partial charge in [-0.25, -0.2) is 4.98 Å². The van der Waals surface area contributed by atoms with Crippen molar-refractivity contribution in [3.63, 3.8) is 0 Å². The van der Waals surface area contributed by atoms with Gasteiger partial charge in [-0.1, -0.05) is 0 Å². The molecule has 4 heteroatoms. The van der Waals surface area contributed by atoms with Gasteiger partial charge in [0.2, 0.25) is 0 Å². The van der Waals surface area contributed by atoms with Crippen LogP contribution >= 0.6 is 0 Å². The molecule has 0 radical (unpaired) electrons. The molecular formula is C10H18N4. The first-order chi connectivity index (χ1) is 6.68. The quantitative estimate of drug-likeness (QED) is 0.715. The van der Waals surface area contributed by atoms with E-state index in [0.29, 0.717) is 11.9 Å². The molecule has 2 rings (SSSR count). The van der Waals surface area contributed by atoms with E-state index in [2.05, 4.69) is 21.8 Å². The summed E-state index contributed by atoms with van der Waals surface area (Å²) in [5.74, 6) is 2.54. The summed E-state index contributed by atoms with van der Waals surface area (Å²) in [5.41, 5.74) is 5.87. The number of anilines is 2. The lowest BCUT2D eigenvalue weighted by Crippen LogP contribution is -2.38. The SMILES string of the molecule is Cc1nc(N2CCCCC2C)c(N)[nH]1. The molecular weight excluding hydrogens is 176 g/mol. The molecule has 1 aliphatic heterocycles. The van der Waals surface area contributed by atoms with Crippen molar-refractivity contribution in [1.29, 1.82) is 0 Å². The molecule has 78 valence electrons. The largest absolute Gasteiger partial charge is 0.382 e. The van der Waals surface area contributed by atoms with E-state index in [1.165, 1.54) is 19.3 Å². The third kappa shape index (κ3) is 1.56. The van der Waals surface area contributed by atoms with Gasteiger partial charge in [0.1, 0.15) is 11.6 Å². The lowest BCUT2D eigenvalue weighted by molar-refractivity contribution is 0.482. The first-order valence-electron chi connectivity index (χ1n) is 5.27. The zero-order chi connectivity index (χ0) is 10.1. The number of aromatic nitrogens is 2. The van der Waals surface area contributed by atoms with Crippen LogP contribution in [-0.4, -0.2) is 22.6 Å². The van der Waals surface area contributed by atoms with Crippen LogP contribution in [0, 0.1) is 6.92 Å². The molecule has 0 bridgehead atoms. The van der Waals surface area contributed by atoms with E-state index >= 15 is 0 Å². The van der Waals surface area contributed by atoms with Gasteiger partial charge in [0.15, 0.2) is 5.82 Å². The molecule has 0 amide bonds. The van der Waals surface area contributed by atoms with Crippen molar-refractivity contribution in [2.24, 2.45) is 0 Å². The molecule has 0 spiro atoms. The van der Waals surface area contributed by atoms with Gasteiger partial charge in [0.05, 0.1) is 0 Å². The standard InChI is InChI=1S/C10H18N4/c1-7-5-3-4-6-14(7)10-9(11)12-8(2)13-10/h7H,3-6,11H2,1-2H3,(H,12,13). The predicted octanol–water partition coefficient (Wildman–Crippen LogP) is 1.68. The van der Waals surface area contributed by atoms with E-state index in [4.69, 9.17) is 5.73 Å². The lowest BCUT2D eigenvalue weighted by Gasteiger charge is -2.33. The lowest BCUT2D eigenvalue weighted by atomic mass is 10.0. The molecule has 0 aliphatic carbocycles. The average Bonchev–Trinajstić information content (AvgIpc) is 2.46. The molecule has 4 nitrogen and oxygen atoms in total. The minimum atomic E-state index is 0.564. The van der Waals surface area contributed by atoms with E-state index in [-0.39, 0.29) is 0 Å². The number of H-pyrrole nitrogens is 1. The van der Waals surface area contributed by atoms with Gasteiger partial charge >= 0.3 is 0 Å². The highest BCUT2D eigenvalue weighted by molar-refractivity contribution is 5.59. The Bertz CT molecular complexity index is 318. The molecule has 1 unspecified atom stereocenters. The van der Waals surface area contributed by atoms with Gasteiger partial charge in [0.25, 0.3) is 0 Å². The van der Waals surface area contributed by atoms with Crippen LogP contribution < -0.4 is 10.6 Å². The van der Waals surface area contributed by atoms with Crippen LogP contribution in [0.3, 0.4) is 0 Å². The second kappa shape index (κ2) is 3.52. The van der Waals surface area contributed by atoms with Gasteiger partial charge in [-0.2, -0.15) is 0 Å². The number of nitrogens with zero attached hydrogens (tertiary/aromatic N) is 2. The minimum Gasteiger partial charge on any atom is -0.382 e. The number of aromatic amines is 1. The van der Waals surface area contributed by atoms with Gasteiger partial charge in [-0.15, -0.1) is 0 Å².